The van der Waals surface area contributed by atoms with E-state index in [1.165, 1.54) is 24.3 Å². The van der Waals surface area contributed by atoms with E-state index in [2.05, 4.69) is 11.8 Å². The van der Waals surface area contributed by atoms with Crippen molar-refractivity contribution in [2.45, 2.75) is 19.8 Å². The highest BCUT2D eigenvalue weighted by Crippen LogP contribution is 2.28. The van der Waals surface area contributed by atoms with Gasteiger partial charge in [0.2, 0.25) is 0 Å². The molecule has 0 radical (unpaired) electrons. The molecule has 0 saturated carbocycles. The number of benzene rings is 4. The second-order valence-corrected chi connectivity index (χ2v) is 7.22. The molecule has 0 amide bonds. The van der Waals surface area contributed by atoms with Crippen molar-refractivity contribution in [3.63, 3.8) is 0 Å². The number of rotatable bonds is 3. The molecular formula is C27H19F3. The lowest BCUT2D eigenvalue weighted by molar-refractivity contribution is 0.585. The van der Waals surface area contributed by atoms with Gasteiger partial charge in [-0.05, 0) is 76.9 Å². The molecule has 0 heterocycles. The number of hydrogen-bond donors (Lipinski definition) is 0. The van der Waals surface area contributed by atoms with Crippen LogP contribution in [0.4, 0.5) is 13.2 Å². The van der Waals surface area contributed by atoms with E-state index >= 15 is 0 Å². The summed E-state index contributed by atoms with van der Waals surface area (Å²) >= 11 is 0. The van der Waals surface area contributed by atoms with Gasteiger partial charge in [-0.1, -0.05) is 49.5 Å². The number of fused-ring (bicyclic) bond motifs is 1. The maximum atomic E-state index is 14.5. The van der Waals surface area contributed by atoms with Gasteiger partial charge in [0.25, 0.3) is 0 Å². The highest BCUT2D eigenvalue weighted by molar-refractivity contribution is 5.84. The Morgan fingerprint density at radius 3 is 1.97 bits per heavy atom. The predicted molar refractivity (Wildman–Crippen MR) is 116 cm³/mol. The van der Waals surface area contributed by atoms with Gasteiger partial charge in [0.05, 0.1) is 5.56 Å². The molecule has 148 valence electrons. The molecular weight excluding hydrogens is 381 g/mol. The molecule has 0 spiro atoms. The molecule has 30 heavy (non-hydrogen) atoms. The third-order valence-corrected chi connectivity index (χ3v) is 4.97. The minimum Gasteiger partial charge on any atom is -0.207 e. The quantitative estimate of drug-likeness (QED) is 0.317. The van der Waals surface area contributed by atoms with Crippen molar-refractivity contribution in [3.05, 3.63) is 107 Å². The molecule has 0 unspecified atom stereocenters. The Morgan fingerprint density at radius 2 is 1.27 bits per heavy atom. The van der Waals surface area contributed by atoms with Crippen LogP contribution in [0.1, 0.15) is 30.0 Å². The molecule has 0 nitrogen and oxygen atoms in total. The van der Waals surface area contributed by atoms with Crippen molar-refractivity contribution in [2.75, 3.05) is 0 Å². The molecule has 0 aromatic heterocycles. The fourth-order valence-electron chi connectivity index (χ4n) is 3.49. The second-order valence-electron chi connectivity index (χ2n) is 7.22. The van der Waals surface area contributed by atoms with Gasteiger partial charge in [-0.3, -0.25) is 0 Å². The van der Waals surface area contributed by atoms with Crippen LogP contribution in [0.15, 0.2) is 72.8 Å². The number of hydrogen-bond acceptors (Lipinski definition) is 0. The standard InChI is InChI=1S/C27H19F3/c1-2-3-20-15-25(29)27(26(30)16-20)21-9-6-18(7-10-21)4-5-19-8-11-23-17-24(28)13-12-22(23)14-19/h6-17H,2-3H2,1H3. The largest absolute Gasteiger partial charge is 0.207 e. The topological polar surface area (TPSA) is 0 Å². The Labute approximate surface area is 174 Å². The summed E-state index contributed by atoms with van der Waals surface area (Å²) in [6.07, 6.45) is 1.48. The first-order valence-corrected chi connectivity index (χ1v) is 9.83. The van der Waals surface area contributed by atoms with E-state index in [1.807, 2.05) is 25.1 Å². The highest BCUT2D eigenvalue weighted by atomic mass is 19.1. The zero-order valence-corrected chi connectivity index (χ0v) is 16.5. The fraction of sp³-hybridized carbons (Fsp3) is 0.111. The fourth-order valence-corrected chi connectivity index (χ4v) is 3.49. The van der Waals surface area contributed by atoms with Gasteiger partial charge in [-0.15, -0.1) is 0 Å². The van der Waals surface area contributed by atoms with Crippen LogP contribution >= 0.6 is 0 Å². The maximum Gasteiger partial charge on any atom is 0.134 e. The molecule has 0 saturated heterocycles. The summed E-state index contributed by atoms with van der Waals surface area (Å²) in [7, 11) is 0. The average Bonchev–Trinajstić information content (AvgIpc) is 2.73. The third kappa shape index (κ3) is 4.23. The molecule has 0 aliphatic heterocycles. The zero-order valence-electron chi connectivity index (χ0n) is 16.5. The molecule has 0 atom stereocenters. The summed E-state index contributed by atoms with van der Waals surface area (Å²) in [6.45, 7) is 1.97. The first-order valence-electron chi connectivity index (χ1n) is 9.83. The summed E-state index contributed by atoms with van der Waals surface area (Å²) in [5, 5.41) is 1.73. The minimum atomic E-state index is -0.551. The predicted octanol–water partition coefficient (Wildman–Crippen LogP) is 7.28. The lowest BCUT2D eigenvalue weighted by Gasteiger charge is -2.08. The van der Waals surface area contributed by atoms with Gasteiger partial charge in [-0.2, -0.15) is 0 Å². The molecule has 3 heteroatoms. The zero-order chi connectivity index (χ0) is 21.1. The highest BCUT2D eigenvalue weighted by Gasteiger charge is 2.13. The van der Waals surface area contributed by atoms with Crippen LogP contribution in [0.25, 0.3) is 21.9 Å². The first-order chi connectivity index (χ1) is 14.5. The van der Waals surface area contributed by atoms with Crippen molar-refractivity contribution < 1.29 is 13.2 Å². The van der Waals surface area contributed by atoms with Gasteiger partial charge < -0.3 is 0 Å². The van der Waals surface area contributed by atoms with Gasteiger partial charge in [0.1, 0.15) is 17.5 Å². The third-order valence-electron chi connectivity index (χ3n) is 4.97. The molecule has 4 rings (SSSR count). The molecule has 0 bridgehead atoms. The van der Waals surface area contributed by atoms with Crippen molar-refractivity contribution in [3.8, 4) is 23.0 Å². The van der Waals surface area contributed by atoms with Gasteiger partial charge >= 0.3 is 0 Å². The van der Waals surface area contributed by atoms with E-state index in [0.29, 0.717) is 17.5 Å². The Morgan fingerprint density at radius 1 is 0.667 bits per heavy atom. The van der Waals surface area contributed by atoms with Crippen LogP contribution in [0, 0.1) is 29.3 Å². The smallest absolute Gasteiger partial charge is 0.134 e. The Bertz CT molecular complexity index is 1250. The van der Waals surface area contributed by atoms with Crippen LogP contribution in [-0.2, 0) is 6.42 Å². The Balaban J connectivity index is 1.59. The van der Waals surface area contributed by atoms with Gasteiger partial charge in [-0.25, -0.2) is 13.2 Å². The van der Waals surface area contributed by atoms with E-state index in [0.717, 1.165) is 28.3 Å². The summed E-state index contributed by atoms with van der Waals surface area (Å²) < 4.78 is 42.2. The Hall–Kier alpha value is -3.51. The number of aryl methyl sites for hydroxylation is 1. The molecule has 4 aromatic rings. The maximum absolute atomic E-state index is 14.5. The van der Waals surface area contributed by atoms with E-state index in [1.54, 1.807) is 30.3 Å². The van der Waals surface area contributed by atoms with Crippen molar-refractivity contribution in [1.82, 2.24) is 0 Å². The normalized spacial score (nSPS) is 10.7. The monoisotopic (exact) mass is 400 g/mol. The van der Waals surface area contributed by atoms with E-state index in [4.69, 9.17) is 0 Å². The molecule has 0 aliphatic carbocycles. The lowest BCUT2D eigenvalue weighted by Crippen LogP contribution is -1.94. The first kappa shape index (κ1) is 19.8. The van der Waals surface area contributed by atoms with Crippen LogP contribution in [-0.4, -0.2) is 0 Å². The van der Waals surface area contributed by atoms with Crippen LogP contribution in [0.2, 0.25) is 0 Å². The number of halogens is 3. The minimum absolute atomic E-state index is 0.0175. The average molecular weight is 400 g/mol. The summed E-state index contributed by atoms with van der Waals surface area (Å²) in [4.78, 5) is 0. The molecule has 4 aromatic carbocycles. The SMILES string of the molecule is CCCc1cc(F)c(-c2ccc(C#Cc3ccc4cc(F)ccc4c3)cc2)c(F)c1. The Kier molecular flexibility index (Phi) is 5.59. The molecule has 0 N–H and O–H groups in total. The van der Waals surface area contributed by atoms with Crippen LogP contribution < -0.4 is 0 Å². The lowest BCUT2D eigenvalue weighted by atomic mass is 9.99. The van der Waals surface area contributed by atoms with E-state index in [-0.39, 0.29) is 11.4 Å². The summed E-state index contributed by atoms with van der Waals surface area (Å²) in [5.74, 6) is 4.77. The van der Waals surface area contributed by atoms with E-state index < -0.39 is 11.6 Å². The van der Waals surface area contributed by atoms with Crippen molar-refractivity contribution in [1.29, 1.82) is 0 Å². The van der Waals surface area contributed by atoms with Gasteiger partial charge in [0, 0.05) is 11.1 Å². The molecule has 0 fully saturated rings. The van der Waals surface area contributed by atoms with Crippen LogP contribution in [0.5, 0.6) is 0 Å². The summed E-state index contributed by atoms with van der Waals surface area (Å²) in [6, 6.07) is 19.9. The van der Waals surface area contributed by atoms with Crippen molar-refractivity contribution in [2.24, 2.45) is 0 Å². The van der Waals surface area contributed by atoms with Crippen LogP contribution in [0.3, 0.4) is 0 Å². The summed E-state index contributed by atoms with van der Waals surface area (Å²) in [5.41, 5.74) is 2.67. The van der Waals surface area contributed by atoms with Gasteiger partial charge in [0.15, 0.2) is 0 Å². The van der Waals surface area contributed by atoms with Crippen molar-refractivity contribution >= 4 is 10.8 Å². The second kappa shape index (κ2) is 8.47. The van der Waals surface area contributed by atoms with E-state index in [9.17, 15) is 13.2 Å². The molecule has 0 aliphatic rings.